The average Bonchev–Trinajstić information content (AvgIpc) is 2.15. The lowest BCUT2D eigenvalue weighted by Crippen LogP contribution is -2.50. The number of hydrogen-bond donors (Lipinski definition) is 2. The van der Waals surface area contributed by atoms with E-state index >= 15 is 0 Å². The molecule has 1 aromatic rings. The first kappa shape index (κ1) is 10.9. The molecule has 0 bridgehead atoms. The van der Waals surface area contributed by atoms with Crippen molar-refractivity contribution in [2.24, 2.45) is 0 Å². The lowest BCUT2D eigenvalue weighted by molar-refractivity contribution is 0.274. The molecule has 6 nitrogen and oxygen atoms in total. The standard InChI is InChI=1S/C10H18N6/c1-7-6-15(2)3-4-16(7)9-5-8(11)13-10(12)14-9/h5,7H,3-4,6H2,1-2H3,(H4,11,12,13,14). The van der Waals surface area contributed by atoms with Crippen molar-refractivity contribution in [3.8, 4) is 0 Å². The number of piperazine rings is 1. The summed E-state index contributed by atoms with van der Waals surface area (Å²) in [5.41, 5.74) is 11.3. The van der Waals surface area contributed by atoms with Crippen molar-refractivity contribution >= 4 is 17.6 Å². The van der Waals surface area contributed by atoms with E-state index in [1.807, 2.05) is 0 Å². The third-order valence-electron chi connectivity index (χ3n) is 2.87. The van der Waals surface area contributed by atoms with Crippen molar-refractivity contribution in [2.45, 2.75) is 13.0 Å². The largest absolute Gasteiger partial charge is 0.383 e. The van der Waals surface area contributed by atoms with Gasteiger partial charge in [-0.3, -0.25) is 0 Å². The number of anilines is 3. The topological polar surface area (TPSA) is 84.3 Å². The van der Waals surface area contributed by atoms with Crippen LogP contribution < -0.4 is 16.4 Å². The van der Waals surface area contributed by atoms with Gasteiger partial charge in [-0.2, -0.15) is 9.97 Å². The molecular weight excluding hydrogens is 204 g/mol. The summed E-state index contributed by atoms with van der Waals surface area (Å²) in [5, 5.41) is 0. The fourth-order valence-electron chi connectivity index (χ4n) is 2.10. The van der Waals surface area contributed by atoms with Crippen LogP contribution in [0.25, 0.3) is 0 Å². The molecule has 0 radical (unpaired) electrons. The molecule has 2 rings (SSSR count). The molecule has 0 aliphatic carbocycles. The molecule has 1 aromatic heterocycles. The monoisotopic (exact) mass is 222 g/mol. The van der Waals surface area contributed by atoms with Crippen LogP contribution in [0.1, 0.15) is 6.92 Å². The predicted molar refractivity (Wildman–Crippen MR) is 65.2 cm³/mol. The summed E-state index contributed by atoms with van der Waals surface area (Å²) in [6, 6.07) is 2.19. The van der Waals surface area contributed by atoms with Gasteiger partial charge in [0.1, 0.15) is 11.6 Å². The van der Waals surface area contributed by atoms with Crippen LogP contribution in [0.15, 0.2) is 6.07 Å². The van der Waals surface area contributed by atoms with Gasteiger partial charge in [0, 0.05) is 31.7 Å². The van der Waals surface area contributed by atoms with E-state index in [1.54, 1.807) is 6.07 Å². The Balaban J connectivity index is 2.23. The van der Waals surface area contributed by atoms with Gasteiger partial charge >= 0.3 is 0 Å². The van der Waals surface area contributed by atoms with Crippen molar-refractivity contribution in [1.82, 2.24) is 14.9 Å². The molecule has 4 N–H and O–H groups in total. The number of likely N-dealkylation sites (N-methyl/N-ethyl adjacent to an activating group) is 1. The normalized spacial score (nSPS) is 22.4. The van der Waals surface area contributed by atoms with Crippen LogP contribution in [-0.4, -0.2) is 47.6 Å². The first-order chi connectivity index (χ1) is 7.56. The van der Waals surface area contributed by atoms with Crippen LogP contribution >= 0.6 is 0 Å². The molecule has 0 spiro atoms. The number of nitrogen functional groups attached to an aromatic ring is 2. The van der Waals surface area contributed by atoms with E-state index in [-0.39, 0.29) is 5.95 Å². The SMILES string of the molecule is CC1CN(C)CCN1c1cc(N)nc(N)n1. The van der Waals surface area contributed by atoms with E-state index in [2.05, 4.69) is 33.7 Å². The maximum Gasteiger partial charge on any atom is 0.223 e. The Hall–Kier alpha value is -1.56. The zero-order chi connectivity index (χ0) is 11.7. The van der Waals surface area contributed by atoms with Crippen molar-refractivity contribution in [2.75, 3.05) is 43.0 Å². The minimum Gasteiger partial charge on any atom is -0.383 e. The van der Waals surface area contributed by atoms with Crippen LogP contribution in [0, 0.1) is 0 Å². The van der Waals surface area contributed by atoms with Gasteiger partial charge in [-0.25, -0.2) is 0 Å². The molecule has 1 atom stereocenters. The quantitative estimate of drug-likeness (QED) is 0.683. The minimum atomic E-state index is 0.237. The van der Waals surface area contributed by atoms with Gasteiger partial charge in [-0.05, 0) is 14.0 Å². The molecule has 0 aromatic carbocycles. The molecule has 2 heterocycles. The zero-order valence-electron chi connectivity index (χ0n) is 9.72. The summed E-state index contributed by atoms with van der Waals surface area (Å²) in [5.74, 6) is 1.49. The van der Waals surface area contributed by atoms with E-state index in [1.165, 1.54) is 0 Å². The second-order valence-corrected chi connectivity index (χ2v) is 4.31. The molecule has 1 fully saturated rings. The molecule has 0 saturated carbocycles. The van der Waals surface area contributed by atoms with Gasteiger partial charge in [-0.15, -0.1) is 0 Å². The minimum absolute atomic E-state index is 0.237. The number of nitrogens with zero attached hydrogens (tertiary/aromatic N) is 4. The lowest BCUT2D eigenvalue weighted by Gasteiger charge is -2.39. The van der Waals surface area contributed by atoms with Crippen molar-refractivity contribution in [3.63, 3.8) is 0 Å². The number of rotatable bonds is 1. The number of aromatic nitrogens is 2. The first-order valence-corrected chi connectivity index (χ1v) is 5.41. The molecule has 0 amide bonds. The molecule has 88 valence electrons. The van der Waals surface area contributed by atoms with Crippen molar-refractivity contribution in [3.05, 3.63) is 6.07 Å². The first-order valence-electron chi connectivity index (χ1n) is 5.41. The highest BCUT2D eigenvalue weighted by molar-refractivity contribution is 5.51. The second kappa shape index (κ2) is 4.13. The summed E-state index contributed by atoms with van der Waals surface area (Å²) in [4.78, 5) is 12.6. The van der Waals surface area contributed by atoms with Crippen LogP contribution in [0.5, 0.6) is 0 Å². The smallest absolute Gasteiger partial charge is 0.223 e. The van der Waals surface area contributed by atoms with Gasteiger partial charge < -0.3 is 21.3 Å². The molecule has 1 aliphatic rings. The highest BCUT2D eigenvalue weighted by atomic mass is 15.3. The summed E-state index contributed by atoms with van der Waals surface area (Å²) in [6.45, 7) is 5.15. The van der Waals surface area contributed by atoms with Crippen molar-refractivity contribution in [1.29, 1.82) is 0 Å². The predicted octanol–water partition coefficient (Wildman–Crippen LogP) is -0.219. The highest BCUT2D eigenvalue weighted by Gasteiger charge is 2.23. The second-order valence-electron chi connectivity index (χ2n) is 4.31. The van der Waals surface area contributed by atoms with Gasteiger partial charge in [0.25, 0.3) is 0 Å². The number of nitrogens with two attached hydrogens (primary N) is 2. The lowest BCUT2D eigenvalue weighted by atomic mass is 10.2. The van der Waals surface area contributed by atoms with Gasteiger partial charge in [0.15, 0.2) is 0 Å². The summed E-state index contributed by atoms with van der Waals surface area (Å²) >= 11 is 0. The van der Waals surface area contributed by atoms with Crippen LogP contribution in [0.4, 0.5) is 17.6 Å². The molecule has 16 heavy (non-hydrogen) atoms. The van der Waals surface area contributed by atoms with E-state index in [0.29, 0.717) is 11.9 Å². The van der Waals surface area contributed by atoms with Gasteiger partial charge in [-0.1, -0.05) is 0 Å². The highest BCUT2D eigenvalue weighted by Crippen LogP contribution is 2.20. The van der Waals surface area contributed by atoms with Crippen LogP contribution in [-0.2, 0) is 0 Å². The fourth-order valence-corrected chi connectivity index (χ4v) is 2.10. The van der Waals surface area contributed by atoms with Gasteiger partial charge in [0.05, 0.1) is 0 Å². The van der Waals surface area contributed by atoms with Crippen molar-refractivity contribution < 1.29 is 0 Å². The Morgan fingerprint density at radius 1 is 1.31 bits per heavy atom. The molecule has 1 saturated heterocycles. The Labute approximate surface area is 95.3 Å². The molecular formula is C10H18N6. The van der Waals surface area contributed by atoms with Crippen LogP contribution in [0.3, 0.4) is 0 Å². The third kappa shape index (κ3) is 2.16. The summed E-state index contributed by atoms with van der Waals surface area (Å²) in [6.07, 6.45) is 0. The van der Waals surface area contributed by atoms with E-state index < -0.39 is 0 Å². The maximum absolute atomic E-state index is 5.67. The Morgan fingerprint density at radius 2 is 2.06 bits per heavy atom. The van der Waals surface area contributed by atoms with E-state index in [4.69, 9.17) is 11.5 Å². The molecule has 6 heteroatoms. The summed E-state index contributed by atoms with van der Waals surface area (Å²) in [7, 11) is 2.12. The Morgan fingerprint density at radius 3 is 2.69 bits per heavy atom. The van der Waals surface area contributed by atoms with E-state index in [9.17, 15) is 0 Å². The Kier molecular flexibility index (Phi) is 2.82. The third-order valence-corrected chi connectivity index (χ3v) is 2.87. The van der Waals surface area contributed by atoms with Gasteiger partial charge in [0.2, 0.25) is 5.95 Å². The number of hydrogen-bond acceptors (Lipinski definition) is 6. The van der Waals surface area contributed by atoms with Crippen LogP contribution in [0.2, 0.25) is 0 Å². The maximum atomic E-state index is 5.67. The molecule has 1 aliphatic heterocycles. The average molecular weight is 222 g/mol. The fraction of sp³-hybridized carbons (Fsp3) is 0.600. The Bertz CT molecular complexity index is 359. The molecule has 1 unspecified atom stereocenters. The van der Waals surface area contributed by atoms with E-state index in [0.717, 1.165) is 25.5 Å². The summed E-state index contributed by atoms with van der Waals surface area (Å²) < 4.78 is 0. The zero-order valence-corrected chi connectivity index (χ0v) is 9.72.